The number of aliphatic hydroxyl groups excluding tert-OH is 1. The first-order valence-corrected chi connectivity index (χ1v) is 8.49. The Morgan fingerprint density at radius 3 is 2.19 bits per heavy atom. The Hall–Kier alpha value is -0.900. The molecule has 3 nitrogen and oxygen atoms in total. The third-order valence-corrected chi connectivity index (χ3v) is 5.31. The maximum atomic E-state index is 9.02. The van der Waals surface area contributed by atoms with Crippen molar-refractivity contribution in [3.63, 3.8) is 0 Å². The molecule has 1 aliphatic heterocycles. The van der Waals surface area contributed by atoms with Gasteiger partial charge in [0.1, 0.15) is 0 Å². The molecule has 3 rings (SSSR count). The van der Waals surface area contributed by atoms with Crippen LogP contribution in [0.1, 0.15) is 37.2 Å². The maximum absolute atomic E-state index is 9.02. The molecule has 116 valence electrons. The van der Waals surface area contributed by atoms with Crippen LogP contribution in [0.15, 0.2) is 30.3 Å². The smallest absolute Gasteiger partial charge is 0.0558 e. The van der Waals surface area contributed by atoms with Gasteiger partial charge in [0.15, 0.2) is 0 Å². The lowest BCUT2D eigenvalue weighted by Gasteiger charge is -2.42. The molecule has 2 aliphatic rings. The Kier molecular flexibility index (Phi) is 5.28. The van der Waals surface area contributed by atoms with E-state index in [1.54, 1.807) is 0 Å². The highest BCUT2D eigenvalue weighted by Gasteiger charge is 2.28. The summed E-state index contributed by atoms with van der Waals surface area (Å²) in [5, 5.41) is 9.02. The minimum absolute atomic E-state index is 0.294. The lowest BCUT2D eigenvalue weighted by molar-refractivity contribution is 0.0673. The maximum Gasteiger partial charge on any atom is 0.0558 e. The van der Waals surface area contributed by atoms with E-state index in [0.29, 0.717) is 6.61 Å². The van der Waals surface area contributed by atoms with Crippen molar-refractivity contribution in [1.29, 1.82) is 0 Å². The molecule has 0 aromatic heterocycles. The molecule has 1 N–H and O–H groups in total. The zero-order valence-electron chi connectivity index (χ0n) is 13.0. The molecule has 1 saturated carbocycles. The summed E-state index contributed by atoms with van der Waals surface area (Å²) in [7, 11) is 0. The van der Waals surface area contributed by atoms with Crippen LogP contribution in [0.5, 0.6) is 0 Å². The summed E-state index contributed by atoms with van der Waals surface area (Å²) in [5.74, 6) is 0.776. The number of benzene rings is 1. The molecule has 0 unspecified atom stereocenters. The summed E-state index contributed by atoms with van der Waals surface area (Å²) < 4.78 is 0. The van der Waals surface area contributed by atoms with E-state index in [1.807, 2.05) is 0 Å². The van der Waals surface area contributed by atoms with E-state index in [2.05, 4.69) is 40.1 Å². The number of rotatable bonds is 4. The van der Waals surface area contributed by atoms with Gasteiger partial charge >= 0.3 is 0 Å². The van der Waals surface area contributed by atoms with Crippen molar-refractivity contribution in [2.24, 2.45) is 0 Å². The van der Waals surface area contributed by atoms with Gasteiger partial charge in [0.05, 0.1) is 6.61 Å². The number of β-amino-alcohol motifs (C(OH)–C–C–N with tert-alkyl or cyclic N) is 1. The number of aliphatic hydroxyl groups is 1. The number of piperazine rings is 1. The molecule has 1 aromatic rings. The average molecular weight is 288 g/mol. The van der Waals surface area contributed by atoms with Crippen molar-refractivity contribution in [3.05, 3.63) is 35.9 Å². The predicted molar refractivity (Wildman–Crippen MR) is 86.5 cm³/mol. The minimum atomic E-state index is 0.294. The van der Waals surface area contributed by atoms with Gasteiger partial charge in [-0.1, -0.05) is 30.3 Å². The molecule has 0 atom stereocenters. The van der Waals surface area contributed by atoms with E-state index in [-0.39, 0.29) is 0 Å². The number of nitrogens with zero attached hydrogens (tertiary/aromatic N) is 2. The molecule has 0 radical (unpaired) electrons. The monoisotopic (exact) mass is 288 g/mol. The van der Waals surface area contributed by atoms with E-state index < -0.39 is 0 Å². The zero-order chi connectivity index (χ0) is 14.5. The molecule has 1 aromatic carbocycles. The molecular formula is C18H28N2O. The Morgan fingerprint density at radius 1 is 0.905 bits per heavy atom. The zero-order valence-corrected chi connectivity index (χ0v) is 13.0. The first-order valence-electron chi connectivity index (χ1n) is 8.49. The fourth-order valence-electron chi connectivity index (χ4n) is 3.99. The van der Waals surface area contributed by atoms with Gasteiger partial charge in [-0.2, -0.15) is 0 Å². The van der Waals surface area contributed by atoms with Gasteiger partial charge in [-0.25, -0.2) is 0 Å². The van der Waals surface area contributed by atoms with E-state index in [1.165, 1.54) is 44.3 Å². The Balaban J connectivity index is 1.46. The van der Waals surface area contributed by atoms with Crippen LogP contribution in [0.2, 0.25) is 0 Å². The fourth-order valence-corrected chi connectivity index (χ4v) is 3.99. The van der Waals surface area contributed by atoms with Crippen LogP contribution in [0.25, 0.3) is 0 Å². The SMILES string of the molecule is OCCN1CCN(C2CCC(c3ccccc3)CC2)CC1. The van der Waals surface area contributed by atoms with E-state index in [0.717, 1.165) is 31.6 Å². The van der Waals surface area contributed by atoms with E-state index in [4.69, 9.17) is 5.11 Å². The van der Waals surface area contributed by atoms with Crippen molar-refractivity contribution < 1.29 is 5.11 Å². The summed E-state index contributed by atoms with van der Waals surface area (Å²) in [5.41, 5.74) is 1.53. The van der Waals surface area contributed by atoms with Crippen molar-refractivity contribution in [2.75, 3.05) is 39.3 Å². The molecule has 1 heterocycles. The molecule has 21 heavy (non-hydrogen) atoms. The largest absolute Gasteiger partial charge is 0.395 e. The molecule has 3 heteroatoms. The van der Waals surface area contributed by atoms with Crippen molar-refractivity contribution in [2.45, 2.75) is 37.6 Å². The standard InChI is InChI=1S/C18H28N2O/c21-15-14-19-10-12-20(13-11-19)18-8-6-17(7-9-18)16-4-2-1-3-5-16/h1-5,17-18,21H,6-15H2. The molecular weight excluding hydrogens is 260 g/mol. The first-order chi connectivity index (χ1) is 10.4. The van der Waals surface area contributed by atoms with Gasteiger partial charge in [0.25, 0.3) is 0 Å². The summed E-state index contributed by atoms with van der Waals surface area (Å²) in [4.78, 5) is 5.07. The first kappa shape index (κ1) is 15.0. The summed E-state index contributed by atoms with van der Waals surface area (Å²) in [6.45, 7) is 5.75. The third-order valence-electron chi connectivity index (χ3n) is 5.31. The summed E-state index contributed by atoms with van der Waals surface area (Å²) in [6, 6.07) is 11.8. The highest BCUT2D eigenvalue weighted by Crippen LogP contribution is 2.34. The molecule has 1 aliphatic carbocycles. The predicted octanol–water partition coefficient (Wildman–Crippen LogP) is 2.32. The summed E-state index contributed by atoms with van der Waals surface area (Å²) >= 11 is 0. The van der Waals surface area contributed by atoms with Crippen molar-refractivity contribution in [3.8, 4) is 0 Å². The Bertz CT molecular complexity index is 406. The Labute approximate surface area is 128 Å². The van der Waals surface area contributed by atoms with Gasteiger partial charge in [-0.3, -0.25) is 9.80 Å². The lowest BCUT2D eigenvalue weighted by atomic mass is 9.81. The van der Waals surface area contributed by atoms with E-state index in [9.17, 15) is 0 Å². The van der Waals surface area contributed by atoms with Crippen molar-refractivity contribution in [1.82, 2.24) is 9.80 Å². The molecule has 0 amide bonds. The summed E-state index contributed by atoms with van der Waals surface area (Å²) in [6.07, 6.45) is 5.37. The van der Waals surface area contributed by atoms with Crippen LogP contribution < -0.4 is 0 Å². The topological polar surface area (TPSA) is 26.7 Å². The second kappa shape index (κ2) is 7.39. The number of hydrogen-bond donors (Lipinski definition) is 1. The molecule has 1 saturated heterocycles. The van der Waals surface area contributed by atoms with Gasteiger partial charge in [-0.15, -0.1) is 0 Å². The average Bonchev–Trinajstić information content (AvgIpc) is 2.57. The molecule has 0 spiro atoms. The normalized spacial score (nSPS) is 28.6. The highest BCUT2D eigenvalue weighted by atomic mass is 16.3. The minimum Gasteiger partial charge on any atom is -0.395 e. The highest BCUT2D eigenvalue weighted by molar-refractivity contribution is 5.20. The molecule has 0 bridgehead atoms. The third kappa shape index (κ3) is 3.85. The quantitative estimate of drug-likeness (QED) is 0.921. The van der Waals surface area contributed by atoms with Crippen LogP contribution in [-0.4, -0.2) is 60.3 Å². The van der Waals surface area contributed by atoms with E-state index >= 15 is 0 Å². The van der Waals surface area contributed by atoms with Gasteiger partial charge < -0.3 is 5.11 Å². The lowest BCUT2D eigenvalue weighted by Crippen LogP contribution is -2.51. The van der Waals surface area contributed by atoms with Crippen LogP contribution in [0.4, 0.5) is 0 Å². The van der Waals surface area contributed by atoms with Crippen molar-refractivity contribution >= 4 is 0 Å². The van der Waals surface area contributed by atoms with Crippen LogP contribution >= 0.6 is 0 Å². The van der Waals surface area contributed by atoms with Crippen LogP contribution in [0.3, 0.4) is 0 Å². The van der Waals surface area contributed by atoms with Gasteiger partial charge in [-0.05, 0) is 37.2 Å². The van der Waals surface area contributed by atoms with Crippen LogP contribution in [-0.2, 0) is 0 Å². The second-order valence-electron chi connectivity index (χ2n) is 6.52. The van der Waals surface area contributed by atoms with Crippen LogP contribution in [0, 0.1) is 0 Å². The fraction of sp³-hybridized carbons (Fsp3) is 0.667. The number of hydrogen-bond acceptors (Lipinski definition) is 3. The van der Waals surface area contributed by atoms with Gasteiger partial charge in [0.2, 0.25) is 0 Å². The molecule has 2 fully saturated rings. The second-order valence-corrected chi connectivity index (χ2v) is 6.52. The Morgan fingerprint density at radius 2 is 1.57 bits per heavy atom. The van der Waals surface area contributed by atoms with Gasteiger partial charge in [0, 0.05) is 38.8 Å².